The minimum absolute atomic E-state index is 0.226. The smallest absolute Gasteiger partial charge is 0.123 e. The predicted molar refractivity (Wildman–Crippen MR) is 71.8 cm³/mol. The Morgan fingerprint density at radius 1 is 1.33 bits per heavy atom. The van der Waals surface area contributed by atoms with Gasteiger partial charge in [0.1, 0.15) is 11.6 Å². The van der Waals surface area contributed by atoms with Gasteiger partial charge >= 0.3 is 0 Å². The molecule has 0 spiro atoms. The van der Waals surface area contributed by atoms with Gasteiger partial charge in [0.2, 0.25) is 0 Å². The molecule has 0 aliphatic heterocycles. The number of benzene rings is 1. The first-order valence-electron chi connectivity index (χ1n) is 6.06. The highest BCUT2D eigenvalue weighted by Crippen LogP contribution is 2.20. The number of nitrogens with zero attached hydrogens (tertiary/aromatic N) is 2. The lowest BCUT2D eigenvalue weighted by Gasteiger charge is -2.04. The lowest BCUT2D eigenvalue weighted by molar-refractivity contribution is 0.628. The number of hydrogen-bond acceptors (Lipinski definition) is 1. The van der Waals surface area contributed by atoms with E-state index in [1.807, 2.05) is 13.1 Å². The average Bonchev–Trinajstić information content (AvgIpc) is 2.72. The van der Waals surface area contributed by atoms with Gasteiger partial charge in [-0.05, 0) is 31.2 Å². The summed E-state index contributed by atoms with van der Waals surface area (Å²) in [4.78, 5) is 4.58. The number of halogens is 1. The molecular formula is C15H17FN2. The van der Waals surface area contributed by atoms with Gasteiger partial charge in [0, 0.05) is 24.7 Å². The molecule has 3 heteroatoms. The highest BCUT2D eigenvalue weighted by Gasteiger charge is 2.08. The van der Waals surface area contributed by atoms with Gasteiger partial charge in [0.05, 0.1) is 5.69 Å². The van der Waals surface area contributed by atoms with E-state index in [0.717, 1.165) is 35.6 Å². The third-order valence-corrected chi connectivity index (χ3v) is 2.76. The predicted octanol–water partition coefficient (Wildman–Crippen LogP) is 3.83. The first-order chi connectivity index (χ1) is 8.60. The molecule has 0 unspecified atom stereocenters. The van der Waals surface area contributed by atoms with Gasteiger partial charge in [0.25, 0.3) is 0 Å². The Morgan fingerprint density at radius 2 is 2.00 bits per heavy atom. The van der Waals surface area contributed by atoms with Crippen LogP contribution < -0.4 is 0 Å². The fourth-order valence-electron chi connectivity index (χ4n) is 1.92. The van der Waals surface area contributed by atoms with Crippen LogP contribution in [-0.4, -0.2) is 9.55 Å². The standard InChI is InChI=1S/C15H17FN2/c1-4-15-17-14(10-18(15)9-11(2)3)12-5-7-13(16)8-6-12/h5-8,10H,2,4,9H2,1,3H3. The van der Waals surface area contributed by atoms with E-state index in [-0.39, 0.29) is 5.82 Å². The van der Waals surface area contributed by atoms with Crippen LogP contribution in [0.4, 0.5) is 4.39 Å². The Bertz CT molecular complexity index is 552. The molecule has 0 fully saturated rings. The topological polar surface area (TPSA) is 17.8 Å². The molecule has 0 N–H and O–H groups in total. The van der Waals surface area contributed by atoms with Gasteiger partial charge in [-0.2, -0.15) is 0 Å². The first-order valence-corrected chi connectivity index (χ1v) is 6.06. The summed E-state index contributed by atoms with van der Waals surface area (Å²) < 4.78 is 15.0. The van der Waals surface area contributed by atoms with Gasteiger partial charge in [-0.1, -0.05) is 19.1 Å². The van der Waals surface area contributed by atoms with Crippen molar-refractivity contribution in [2.75, 3.05) is 0 Å². The third-order valence-electron chi connectivity index (χ3n) is 2.76. The summed E-state index contributed by atoms with van der Waals surface area (Å²) in [5.41, 5.74) is 2.91. The molecule has 18 heavy (non-hydrogen) atoms. The van der Waals surface area contributed by atoms with Crippen molar-refractivity contribution in [1.82, 2.24) is 9.55 Å². The molecule has 0 saturated heterocycles. The number of allylic oxidation sites excluding steroid dienone is 1. The Kier molecular flexibility index (Phi) is 3.60. The van der Waals surface area contributed by atoms with Crippen molar-refractivity contribution in [2.45, 2.75) is 26.8 Å². The molecule has 2 rings (SSSR count). The van der Waals surface area contributed by atoms with Gasteiger partial charge in [0.15, 0.2) is 0 Å². The zero-order valence-corrected chi connectivity index (χ0v) is 10.8. The number of imidazole rings is 1. The van der Waals surface area contributed by atoms with Gasteiger partial charge < -0.3 is 4.57 Å². The number of hydrogen-bond donors (Lipinski definition) is 0. The monoisotopic (exact) mass is 244 g/mol. The van der Waals surface area contributed by atoms with E-state index < -0.39 is 0 Å². The van der Waals surface area contributed by atoms with Crippen molar-refractivity contribution in [3.63, 3.8) is 0 Å². The van der Waals surface area contributed by atoms with Crippen molar-refractivity contribution in [1.29, 1.82) is 0 Å². The highest BCUT2D eigenvalue weighted by atomic mass is 19.1. The molecule has 1 aromatic carbocycles. The largest absolute Gasteiger partial charge is 0.330 e. The maximum atomic E-state index is 12.9. The molecule has 0 amide bonds. The first kappa shape index (κ1) is 12.6. The van der Waals surface area contributed by atoms with E-state index in [0.29, 0.717) is 0 Å². The van der Waals surface area contributed by atoms with Crippen LogP contribution in [0.15, 0.2) is 42.6 Å². The average molecular weight is 244 g/mol. The molecule has 1 heterocycles. The Hall–Kier alpha value is -1.90. The van der Waals surface area contributed by atoms with Crippen LogP contribution in [0.2, 0.25) is 0 Å². The molecule has 94 valence electrons. The molecule has 0 bridgehead atoms. The fraction of sp³-hybridized carbons (Fsp3) is 0.267. The van der Waals surface area contributed by atoms with Gasteiger partial charge in [-0.3, -0.25) is 0 Å². The van der Waals surface area contributed by atoms with E-state index in [9.17, 15) is 4.39 Å². The molecular weight excluding hydrogens is 227 g/mol. The SMILES string of the molecule is C=C(C)Cn1cc(-c2ccc(F)cc2)nc1CC. The van der Waals surface area contributed by atoms with Crippen LogP contribution in [0.1, 0.15) is 19.7 Å². The zero-order chi connectivity index (χ0) is 13.1. The van der Waals surface area contributed by atoms with Crippen molar-refractivity contribution in [3.05, 3.63) is 54.3 Å². The molecule has 0 saturated carbocycles. The number of aryl methyl sites for hydroxylation is 1. The molecule has 2 nitrogen and oxygen atoms in total. The van der Waals surface area contributed by atoms with Crippen LogP contribution in [0.5, 0.6) is 0 Å². The van der Waals surface area contributed by atoms with Gasteiger partial charge in [-0.25, -0.2) is 9.37 Å². The minimum Gasteiger partial charge on any atom is -0.330 e. The molecule has 0 aliphatic carbocycles. The van der Waals surface area contributed by atoms with Crippen molar-refractivity contribution >= 4 is 0 Å². The highest BCUT2D eigenvalue weighted by molar-refractivity contribution is 5.58. The molecule has 2 aromatic rings. The number of rotatable bonds is 4. The molecule has 0 radical (unpaired) electrons. The summed E-state index contributed by atoms with van der Waals surface area (Å²) in [6, 6.07) is 6.42. The van der Waals surface area contributed by atoms with Crippen molar-refractivity contribution < 1.29 is 4.39 Å². The normalized spacial score (nSPS) is 10.6. The minimum atomic E-state index is -0.226. The second kappa shape index (κ2) is 5.17. The Morgan fingerprint density at radius 3 is 2.56 bits per heavy atom. The molecule has 0 aliphatic rings. The van der Waals surface area contributed by atoms with E-state index in [2.05, 4.69) is 23.1 Å². The lowest BCUT2D eigenvalue weighted by atomic mass is 10.2. The molecule has 1 aromatic heterocycles. The van der Waals surface area contributed by atoms with Gasteiger partial charge in [-0.15, -0.1) is 0 Å². The number of aromatic nitrogens is 2. The Labute approximate surface area is 107 Å². The summed E-state index contributed by atoms with van der Waals surface area (Å²) in [6.45, 7) is 8.77. The van der Waals surface area contributed by atoms with Crippen LogP contribution in [0.25, 0.3) is 11.3 Å². The summed E-state index contributed by atoms with van der Waals surface area (Å²) in [5.74, 6) is 0.799. The summed E-state index contributed by atoms with van der Waals surface area (Å²) in [5, 5.41) is 0. The van der Waals surface area contributed by atoms with E-state index in [4.69, 9.17) is 0 Å². The van der Waals surface area contributed by atoms with Crippen molar-refractivity contribution in [3.8, 4) is 11.3 Å². The summed E-state index contributed by atoms with van der Waals surface area (Å²) in [6.07, 6.45) is 2.87. The zero-order valence-electron chi connectivity index (χ0n) is 10.8. The van der Waals surface area contributed by atoms with E-state index in [1.165, 1.54) is 12.1 Å². The summed E-state index contributed by atoms with van der Waals surface area (Å²) >= 11 is 0. The van der Waals surface area contributed by atoms with Crippen LogP contribution >= 0.6 is 0 Å². The van der Waals surface area contributed by atoms with Crippen LogP contribution in [-0.2, 0) is 13.0 Å². The fourth-order valence-corrected chi connectivity index (χ4v) is 1.92. The van der Waals surface area contributed by atoms with E-state index in [1.54, 1.807) is 12.1 Å². The third kappa shape index (κ3) is 2.67. The second-order valence-corrected chi connectivity index (χ2v) is 4.49. The lowest BCUT2D eigenvalue weighted by Crippen LogP contribution is -2.02. The quantitative estimate of drug-likeness (QED) is 0.747. The maximum absolute atomic E-state index is 12.9. The van der Waals surface area contributed by atoms with Crippen molar-refractivity contribution in [2.24, 2.45) is 0 Å². The van der Waals surface area contributed by atoms with Crippen LogP contribution in [0, 0.1) is 5.82 Å². The maximum Gasteiger partial charge on any atom is 0.123 e. The second-order valence-electron chi connectivity index (χ2n) is 4.49. The van der Waals surface area contributed by atoms with Crippen LogP contribution in [0.3, 0.4) is 0 Å². The Balaban J connectivity index is 2.37. The molecule has 0 atom stereocenters. The van der Waals surface area contributed by atoms with E-state index >= 15 is 0 Å². The summed E-state index contributed by atoms with van der Waals surface area (Å²) in [7, 11) is 0.